The molecule has 0 unspecified atom stereocenters. The van der Waals surface area contributed by atoms with Gasteiger partial charge in [0.25, 0.3) is 0 Å². The minimum Gasteiger partial charge on any atom is -0.432 e. The molecule has 5 heterocycles. The Morgan fingerprint density at radius 3 is 1.79 bits per heavy atom. The smallest absolute Gasteiger partial charge is 0.317 e. The van der Waals surface area contributed by atoms with Gasteiger partial charge in [-0.3, -0.25) is 4.79 Å². The number of aliphatic hydroxyl groups is 18. The zero-order valence-electron chi connectivity index (χ0n) is 49.8. The molecule has 0 aromatic heterocycles. The monoisotopic (exact) mass is 1250 g/mol. The first-order chi connectivity index (χ1) is 40.8. The number of hydrogen-bond donors (Lipinski definition) is 18. The van der Waals surface area contributed by atoms with Gasteiger partial charge in [-0.2, -0.15) is 0 Å². The number of rotatable bonds is 14. The van der Waals surface area contributed by atoms with Crippen molar-refractivity contribution in [3.8, 4) is 0 Å². The third-order valence-electron chi connectivity index (χ3n) is 22.9. The van der Waals surface area contributed by atoms with Crippen LogP contribution in [0.4, 0.5) is 0 Å². The fourth-order valence-corrected chi connectivity index (χ4v) is 17.6. The van der Waals surface area contributed by atoms with Gasteiger partial charge in [0.1, 0.15) is 103 Å². The highest BCUT2D eigenvalue weighted by Crippen LogP contribution is 2.76. The molecular formula is C58H94O29. The Bertz CT molecular complexity index is 2420. The molecule has 87 heavy (non-hydrogen) atoms. The van der Waals surface area contributed by atoms with Gasteiger partial charge in [-0.25, -0.2) is 0 Å². The van der Waals surface area contributed by atoms with Crippen molar-refractivity contribution in [2.45, 2.75) is 253 Å². The molecule has 0 aromatic rings. The molecule has 29 heteroatoms. The minimum absolute atomic E-state index is 0.0349. The van der Waals surface area contributed by atoms with Gasteiger partial charge in [0.05, 0.1) is 64.1 Å². The Morgan fingerprint density at radius 2 is 1.14 bits per heavy atom. The first-order valence-corrected chi connectivity index (χ1v) is 30.5. The van der Waals surface area contributed by atoms with Gasteiger partial charge in [-0.1, -0.05) is 46.3 Å². The Morgan fingerprint density at radius 1 is 0.563 bits per heavy atom. The molecular weight excluding hydrogens is 1160 g/mol. The molecule has 0 bridgehead atoms. The number of carbonyl (C=O) groups excluding carboxylic acids is 1. The third kappa shape index (κ3) is 11.2. The summed E-state index contributed by atoms with van der Waals surface area (Å²) in [6.07, 6.45) is -38.3. The largest absolute Gasteiger partial charge is 0.432 e. The second-order valence-corrected chi connectivity index (χ2v) is 28.2. The minimum atomic E-state index is -1.94. The Hall–Kier alpha value is -1.87. The maximum atomic E-state index is 15.4. The van der Waals surface area contributed by atoms with Crippen molar-refractivity contribution in [2.24, 2.45) is 50.2 Å². The lowest BCUT2D eigenvalue weighted by molar-refractivity contribution is -0.369. The van der Waals surface area contributed by atoms with Gasteiger partial charge >= 0.3 is 5.97 Å². The van der Waals surface area contributed by atoms with E-state index in [0.717, 1.165) is 5.57 Å². The van der Waals surface area contributed by atoms with E-state index in [0.29, 0.717) is 32.1 Å². The van der Waals surface area contributed by atoms with Crippen molar-refractivity contribution < 1.29 is 144 Å². The molecule has 10 aliphatic rings. The van der Waals surface area contributed by atoms with Crippen molar-refractivity contribution in [2.75, 3.05) is 39.6 Å². The zero-order valence-corrected chi connectivity index (χ0v) is 49.8. The average molecular weight is 1260 g/mol. The van der Waals surface area contributed by atoms with Crippen LogP contribution in [0.1, 0.15) is 92.9 Å². The number of fused-ring (bicyclic) bond motifs is 7. The molecule has 0 radical (unpaired) electrons. The van der Waals surface area contributed by atoms with Crippen molar-refractivity contribution >= 4 is 5.97 Å². The van der Waals surface area contributed by atoms with Crippen molar-refractivity contribution in [3.05, 3.63) is 11.6 Å². The Kier molecular flexibility index (Phi) is 19.6. The van der Waals surface area contributed by atoms with Gasteiger partial charge < -0.3 is 139 Å². The van der Waals surface area contributed by atoms with Crippen LogP contribution in [0.15, 0.2) is 11.6 Å². The molecule has 0 amide bonds. The second-order valence-electron chi connectivity index (χ2n) is 28.2. The number of allylic oxidation sites excluding steroid dienone is 2. The normalized spacial score (nSPS) is 54.0. The van der Waals surface area contributed by atoms with Gasteiger partial charge in [-0.15, -0.1) is 0 Å². The number of hydrogen-bond acceptors (Lipinski definition) is 29. The van der Waals surface area contributed by atoms with E-state index in [1.54, 1.807) is 0 Å². The summed E-state index contributed by atoms with van der Waals surface area (Å²) in [5.74, 6) is -2.39. The summed E-state index contributed by atoms with van der Waals surface area (Å²) in [7, 11) is 0. The fraction of sp³-hybridized carbons (Fsp3) is 0.948. The van der Waals surface area contributed by atoms with Crippen LogP contribution in [-0.4, -0.2) is 297 Å². The van der Waals surface area contributed by atoms with E-state index in [9.17, 15) is 91.9 Å². The molecule has 9 fully saturated rings. The number of aliphatic hydroxyl groups excluding tert-OH is 18. The summed E-state index contributed by atoms with van der Waals surface area (Å²) in [5, 5.41) is 198. The quantitative estimate of drug-likeness (QED) is 0.0437. The third-order valence-corrected chi connectivity index (χ3v) is 22.9. The molecule has 500 valence electrons. The predicted octanol–water partition coefficient (Wildman–Crippen LogP) is -6.02. The zero-order chi connectivity index (χ0) is 63.6. The van der Waals surface area contributed by atoms with Crippen molar-refractivity contribution in [1.82, 2.24) is 0 Å². The van der Waals surface area contributed by atoms with Gasteiger partial charge in [-0.05, 0) is 97.7 Å². The first kappa shape index (κ1) is 68.0. The lowest BCUT2D eigenvalue weighted by Crippen LogP contribution is -2.71. The van der Waals surface area contributed by atoms with E-state index in [-0.39, 0.29) is 30.6 Å². The SMILES string of the molecule is C[C@@H]1O[C@H](O[C@@H]2[C@@H](OC(=O)[C@@]34CCC(C)(C)C[C@@H]3C3=CC[C@H]5[C@]6(C)C[C@H](O)[C@@H](O[C@@H]7O[C@@H](CO[C@H]8O[C@@H](CO)[C@H](O)[C@@H](O)[C@@H]8O)[C@H](O)[C@@H](O)[C@H]7O)C(CO)(CO)[C@H]6CC[C@]5(C)[C@@]3(C)C[C@@H]4O)OC[C@H](O)[C@@H]2O)[C@@H](O)[C@@H](O)[C@@H]1O[C@@H]1OC[C@H](O)[C@H](O)[C@H]1O. The van der Waals surface area contributed by atoms with E-state index >= 15 is 4.79 Å². The number of carbonyl (C=O) groups is 1. The van der Waals surface area contributed by atoms with E-state index in [1.165, 1.54) is 6.92 Å². The van der Waals surface area contributed by atoms with Crippen LogP contribution in [0.3, 0.4) is 0 Å². The summed E-state index contributed by atoms with van der Waals surface area (Å²) >= 11 is 0. The molecule has 5 saturated heterocycles. The molecule has 29 nitrogen and oxygen atoms in total. The van der Waals surface area contributed by atoms with E-state index in [1.807, 2.05) is 6.92 Å². The average Bonchev–Trinajstić information content (AvgIpc) is 0.674. The Balaban J connectivity index is 0.876. The fourth-order valence-electron chi connectivity index (χ4n) is 17.6. The van der Waals surface area contributed by atoms with E-state index < -0.39 is 244 Å². The van der Waals surface area contributed by atoms with Crippen LogP contribution < -0.4 is 0 Å². The molecule has 5 aliphatic carbocycles. The van der Waals surface area contributed by atoms with Crippen LogP contribution >= 0.6 is 0 Å². The van der Waals surface area contributed by atoms with Crippen molar-refractivity contribution in [1.29, 1.82) is 0 Å². The highest BCUT2D eigenvalue weighted by Gasteiger charge is 2.74. The number of esters is 1. The highest BCUT2D eigenvalue weighted by molar-refractivity contribution is 5.80. The maximum absolute atomic E-state index is 15.4. The summed E-state index contributed by atoms with van der Waals surface area (Å²) in [4.78, 5) is 15.4. The highest BCUT2D eigenvalue weighted by atomic mass is 16.8. The summed E-state index contributed by atoms with van der Waals surface area (Å²) in [5.41, 5.74) is -5.07. The predicted molar refractivity (Wildman–Crippen MR) is 288 cm³/mol. The number of ether oxygens (including phenoxy) is 10. The van der Waals surface area contributed by atoms with Crippen LogP contribution in [0, 0.1) is 50.2 Å². The molecule has 18 N–H and O–H groups in total. The molecule has 4 saturated carbocycles. The lowest BCUT2D eigenvalue weighted by atomic mass is 9.33. The first-order valence-electron chi connectivity index (χ1n) is 30.5. The topological polar surface area (TPSA) is 474 Å². The van der Waals surface area contributed by atoms with Gasteiger partial charge in [0.2, 0.25) is 6.29 Å². The van der Waals surface area contributed by atoms with Crippen LogP contribution in [0.25, 0.3) is 0 Å². The summed E-state index contributed by atoms with van der Waals surface area (Å²) in [6, 6.07) is 0. The molecule has 33 atom stereocenters. The summed E-state index contributed by atoms with van der Waals surface area (Å²) in [6.45, 7) is 8.04. The Labute approximate surface area is 502 Å². The van der Waals surface area contributed by atoms with Crippen LogP contribution in [0.5, 0.6) is 0 Å². The second kappa shape index (κ2) is 25.1. The molecule has 10 rings (SSSR count). The van der Waals surface area contributed by atoms with Crippen molar-refractivity contribution in [3.63, 3.8) is 0 Å². The molecule has 0 spiro atoms. The standard InChI is InChI=1S/C58H94O29/c1-22-44(84-48-40(73)33(66)26(63)17-78-48)39(72)43(76)49(81-22)85-45-34(67)27(64)18-79-51(45)87-52(77)58-12-11-53(2,3)13-24(58)23-7-8-30-54(4)14-25(62)46(57(20-60,21-61)31(54)9-10-55(30,5)56(23,6)15-32(58)65)86-50-42(75)38(71)36(69)29(83-50)19-80-47-41(74)37(70)35(68)28(16-59)82-47/h7,22,24-51,59-76H,8-21H2,1-6H3/t22-,24+,25-,26-,27-,28-,29-,30-,31-,32-,33-,34-,35-,36-,37+,38+,39+,40+,41-,42+,43-,44+,45-,46+,47-,48-,49+,50-,51+,54-,55-,56-,58-/m0/s1. The van der Waals surface area contributed by atoms with E-state index in [2.05, 4.69) is 33.8 Å². The van der Waals surface area contributed by atoms with Gasteiger partial charge in [0.15, 0.2) is 31.3 Å². The summed E-state index contributed by atoms with van der Waals surface area (Å²) < 4.78 is 58.5. The van der Waals surface area contributed by atoms with Crippen LogP contribution in [-0.2, 0) is 52.2 Å². The van der Waals surface area contributed by atoms with E-state index in [4.69, 9.17) is 47.4 Å². The lowest BCUT2D eigenvalue weighted by Gasteiger charge is -2.72. The van der Waals surface area contributed by atoms with Gasteiger partial charge in [0, 0.05) is 5.41 Å². The molecule has 5 aliphatic heterocycles. The maximum Gasteiger partial charge on any atom is 0.317 e. The van der Waals surface area contributed by atoms with Crippen LogP contribution in [0.2, 0.25) is 0 Å². The molecule has 0 aromatic carbocycles.